The molecular weight excluding hydrogens is 180 g/mol. The molecule has 1 fully saturated rings. The zero-order valence-electron chi connectivity index (χ0n) is 8.92. The van der Waals surface area contributed by atoms with Crippen LogP contribution >= 0.6 is 0 Å². The van der Waals surface area contributed by atoms with Crippen molar-refractivity contribution in [2.24, 2.45) is 11.8 Å². The molecule has 0 spiro atoms. The molecule has 1 aliphatic rings. The molecule has 1 amide bonds. The quantitative estimate of drug-likeness (QED) is 0.572. The Hall–Kier alpha value is -0.610. The number of aliphatic hydroxyl groups excluding tert-OH is 1. The van der Waals surface area contributed by atoms with Gasteiger partial charge in [-0.1, -0.05) is 13.8 Å². The van der Waals surface area contributed by atoms with E-state index in [1.54, 1.807) is 0 Å². The van der Waals surface area contributed by atoms with Crippen LogP contribution in [0.3, 0.4) is 0 Å². The maximum absolute atomic E-state index is 11.7. The van der Waals surface area contributed by atoms with Gasteiger partial charge in [0.05, 0.1) is 12.6 Å². The Morgan fingerprint density at radius 1 is 1.64 bits per heavy atom. The van der Waals surface area contributed by atoms with Crippen molar-refractivity contribution in [2.75, 3.05) is 19.7 Å². The monoisotopic (exact) mass is 200 g/mol. The number of hydrogen-bond donors (Lipinski definition) is 3. The first-order chi connectivity index (χ1) is 6.69. The number of carbonyl (C=O) groups excluding carboxylic acids is 1. The second kappa shape index (κ2) is 5.32. The van der Waals surface area contributed by atoms with Gasteiger partial charge in [-0.25, -0.2) is 0 Å². The van der Waals surface area contributed by atoms with Crippen LogP contribution in [-0.4, -0.2) is 36.8 Å². The lowest BCUT2D eigenvalue weighted by Gasteiger charge is -2.32. The number of hydrogen-bond acceptors (Lipinski definition) is 3. The van der Waals surface area contributed by atoms with E-state index in [0.29, 0.717) is 5.92 Å². The topological polar surface area (TPSA) is 61.4 Å². The molecule has 0 aromatic carbocycles. The third-order valence-electron chi connectivity index (χ3n) is 2.99. The molecule has 1 aliphatic heterocycles. The predicted octanol–water partition coefficient (Wildman–Crippen LogP) is -0.271. The molecule has 1 saturated heterocycles. The van der Waals surface area contributed by atoms with Crippen molar-refractivity contribution in [1.29, 1.82) is 0 Å². The SMILES string of the molecule is CCC(CO)NC(=O)C(C)C1CNC1. The fourth-order valence-electron chi connectivity index (χ4n) is 1.49. The summed E-state index contributed by atoms with van der Waals surface area (Å²) >= 11 is 0. The number of carbonyl (C=O) groups is 1. The van der Waals surface area contributed by atoms with Crippen LogP contribution in [0.2, 0.25) is 0 Å². The van der Waals surface area contributed by atoms with Gasteiger partial charge in [0.1, 0.15) is 0 Å². The molecule has 4 heteroatoms. The summed E-state index contributed by atoms with van der Waals surface area (Å²) in [4.78, 5) is 11.7. The molecule has 0 saturated carbocycles. The van der Waals surface area contributed by atoms with Crippen molar-refractivity contribution in [2.45, 2.75) is 26.3 Å². The Balaban J connectivity index is 2.32. The molecule has 2 atom stereocenters. The number of nitrogens with one attached hydrogen (secondary N) is 2. The van der Waals surface area contributed by atoms with Crippen molar-refractivity contribution < 1.29 is 9.90 Å². The van der Waals surface area contributed by atoms with Crippen molar-refractivity contribution in [3.05, 3.63) is 0 Å². The van der Waals surface area contributed by atoms with Gasteiger partial charge in [0, 0.05) is 5.92 Å². The smallest absolute Gasteiger partial charge is 0.223 e. The van der Waals surface area contributed by atoms with Crippen LogP contribution in [0.4, 0.5) is 0 Å². The van der Waals surface area contributed by atoms with E-state index in [1.807, 2.05) is 13.8 Å². The van der Waals surface area contributed by atoms with Crippen LogP contribution in [0, 0.1) is 11.8 Å². The first-order valence-electron chi connectivity index (χ1n) is 5.31. The summed E-state index contributed by atoms with van der Waals surface area (Å²) in [5.74, 6) is 0.584. The number of rotatable bonds is 5. The van der Waals surface area contributed by atoms with E-state index in [4.69, 9.17) is 5.11 Å². The Kier molecular flexibility index (Phi) is 4.35. The van der Waals surface area contributed by atoms with E-state index in [0.717, 1.165) is 19.5 Å². The normalized spacial score (nSPS) is 21.1. The molecular formula is C10H20N2O2. The van der Waals surface area contributed by atoms with Gasteiger partial charge in [0.25, 0.3) is 0 Å². The van der Waals surface area contributed by atoms with Gasteiger partial charge in [-0.15, -0.1) is 0 Å². The van der Waals surface area contributed by atoms with E-state index >= 15 is 0 Å². The summed E-state index contributed by atoms with van der Waals surface area (Å²) in [6.45, 7) is 5.80. The Bertz CT molecular complexity index is 189. The molecule has 0 aliphatic carbocycles. The second-order valence-electron chi connectivity index (χ2n) is 4.00. The standard InChI is InChI=1S/C10H20N2O2/c1-3-9(6-13)12-10(14)7(2)8-4-11-5-8/h7-9,11,13H,3-6H2,1-2H3,(H,12,14). The van der Waals surface area contributed by atoms with E-state index in [9.17, 15) is 4.79 Å². The molecule has 0 aromatic heterocycles. The van der Waals surface area contributed by atoms with Crippen LogP contribution in [0.15, 0.2) is 0 Å². The Morgan fingerprint density at radius 3 is 2.64 bits per heavy atom. The van der Waals surface area contributed by atoms with Crippen LogP contribution in [0.5, 0.6) is 0 Å². The van der Waals surface area contributed by atoms with Crippen molar-refractivity contribution in [3.8, 4) is 0 Å². The fourth-order valence-corrected chi connectivity index (χ4v) is 1.49. The van der Waals surface area contributed by atoms with Crippen LogP contribution < -0.4 is 10.6 Å². The third-order valence-corrected chi connectivity index (χ3v) is 2.99. The minimum Gasteiger partial charge on any atom is -0.394 e. The van der Waals surface area contributed by atoms with Gasteiger partial charge >= 0.3 is 0 Å². The van der Waals surface area contributed by atoms with Gasteiger partial charge in [-0.05, 0) is 25.4 Å². The molecule has 82 valence electrons. The number of aliphatic hydroxyl groups is 1. The molecule has 0 bridgehead atoms. The molecule has 3 N–H and O–H groups in total. The molecule has 1 heterocycles. The average Bonchev–Trinajstić information content (AvgIpc) is 2.10. The van der Waals surface area contributed by atoms with Crippen LogP contribution in [-0.2, 0) is 4.79 Å². The highest BCUT2D eigenvalue weighted by Crippen LogP contribution is 2.15. The lowest BCUT2D eigenvalue weighted by molar-refractivity contribution is -0.127. The third kappa shape index (κ3) is 2.69. The molecule has 0 radical (unpaired) electrons. The summed E-state index contributed by atoms with van der Waals surface area (Å²) in [6, 6.07) is -0.0852. The summed E-state index contributed by atoms with van der Waals surface area (Å²) in [6.07, 6.45) is 0.776. The van der Waals surface area contributed by atoms with E-state index in [2.05, 4.69) is 10.6 Å². The molecule has 0 aromatic rings. The number of amides is 1. The lowest BCUT2D eigenvalue weighted by Crippen LogP contribution is -2.51. The first kappa shape index (κ1) is 11.5. The van der Waals surface area contributed by atoms with Gasteiger partial charge in [0.2, 0.25) is 5.91 Å². The highest BCUT2D eigenvalue weighted by Gasteiger charge is 2.29. The van der Waals surface area contributed by atoms with Crippen molar-refractivity contribution in [1.82, 2.24) is 10.6 Å². The maximum Gasteiger partial charge on any atom is 0.223 e. The summed E-state index contributed by atoms with van der Waals surface area (Å²) in [7, 11) is 0. The van der Waals surface area contributed by atoms with Gasteiger partial charge in [-0.2, -0.15) is 0 Å². The summed E-state index contributed by atoms with van der Waals surface area (Å²) < 4.78 is 0. The molecule has 14 heavy (non-hydrogen) atoms. The minimum absolute atomic E-state index is 0.0257. The highest BCUT2D eigenvalue weighted by atomic mass is 16.3. The maximum atomic E-state index is 11.7. The minimum atomic E-state index is -0.0852. The zero-order chi connectivity index (χ0) is 10.6. The lowest BCUT2D eigenvalue weighted by atomic mass is 9.88. The van der Waals surface area contributed by atoms with E-state index < -0.39 is 0 Å². The average molecular weight is 200 g/mol. The second-order valence-corrected chi connectivity index (χ2v) is 4.00. The van der Waals surface area contributed by atoms with Gasteiger partial charge in [-0.3, -0.25) is 4.79 Å². The molecule has 1 rings (SSSR count). The largest absolute Gasteiger partial charge is 0.394 e. The first-order valence-corrected chi connectivity index (χ1v) is 5.31. The molecule has 2 unspecified atom stereocenters. The summed E-state index contributed by atoms with van der Waals surface area (Å²) in [5, 5.41) is 14.9. The van der Waals surface area contributed by atoms with Gasteiger partial charge in [0.15, 0.2) is 0 Å². The van der Waals surface area contributed by atoms with E-state index in [1.165, 1.54) is 0 Å². The fraction of sp³-hybridized carbons (Fsp3) is 0.900. The van der Waals surface area contributed by atoms with Crippen LogP contribution in [0.25, 0.3) is 0 Å². The van der Waals surface area contributed by atoms with Gasteiger partial charge < -0.3 is 15.7 Å². The molecule has 4 nitrogen and oxygen atoms in total. The van der Waals surface area contributed by atoms with E-state index in [-0.39, 0.29) is 24.5 Å². The highest BCUT2D eigenvalue weighted by molar-refractivity contribution is 5.79. The van der Waals surface area contributed by atoms with Crippen molar-refractivity contribution >= 4 is 5.91 Å². The van der Waals surface area contributed by atoms with Crippen LogP contribution in [0.1, 0.15) is 20.3 Å². The van der Waals surface area contributed by atoms with Crippen molar-refractivity contribution in [3.63, 3.8) is 0 Å². The Morgan fingerprint density at radius 2 is 2.29 bits per heavy atom. The predicted molar refractivity (Wildman–Crippen MR) is 54.8 cm³/mol. The Labute approximate surface area is 85.1 Å². The zero-order valence-corrected chi connectivity index (χ0v) is 8.92. The summed E-state index contributed by atoms with van der Waals surface area (Å²) in [5.41, 5.74) is 0.